The largest absolute Gasteiger partial charge is 0.508 e. The predicted octanol–water partition coefficient (Wildman–Crippen LogP) is 5.35. The molecule has 0 spiro atoms. The predicted molar refractivity (Wildman–Crippen MR) is 82.4 cm³/mol. The first kappa shape index (κ1) is 14.3. The standard InChI is InChI=1S/C17H20N2O/c1-10-6-11(2)16(12(3)7-10)18-19-17-13(4)8-15(20)9-14(17)5/h6-9,20H,1-5H3/b19-18+. The van der Waals surface area contributed by atoms with Gasteiger partial charge in [0.05, 0.1) is 11.4 Å². The van der Waals surface area contributed by atoms with Gasteiger partial charge in [0, 0.05) is 0 Å². The van der Waals surface area contributed by atoms with Crippen molar-refractivity contribution in [3.05, 3.63) is 52.1 Å². The normalized spacial score (nSPS) is 11.2. The number of benzene rings is 2. The zero-order valence-electron chi connectivity index (χ0n) is 12.7. The number of hydrogen-bond donors (Lipinski definition) is 1. The van der Waals surface area contributed by atoms with Crippen molar-refractivity contribution in [2.45, 2.75) is 34.6 Å². The van der Waals surface area contributed by atoms with E-state index in [1.807, 2.05) is 27.7 Å². The molecule has 0 aliphatic carbocycles. The summed E-state index contributed by atoms with van der Waals surface area (Å²) >= 11 is 0. The highest BCUT2D eigenvalue weighted by Crippen LogP contribution is 2.31. The van der Waals surface area contributed by atoms with E-state index in [1.165, 1.54) is 5.56 Å². The van der Waals surface area contributed by atoms with Gasteiger partial charge in [0.1, 0.15) is 5.75 Å². The molecule has 0 unspecified atom stereocenters. The SMILES string of the molecule is Cc1cc(C)c(/N=N/c2c(C)cc(O)cc2C)c(C)c1. The summed E-state index contributed by atoms with van der Waals surface area (Å²) in [5.41, 5.74) is 7.07. The van der Waals surface area contributed by atoms with E-state index in [0.717, 1.165) is 33.6 Å². The van der Waals surface area contributed by atoms with Crippen molar-refractivity contribution >= 4 is 11.4 Å². The second-order valence-corrected chi connectivity index (χ2v) is 5.38. The lowest BCUT2D eigenvalue weighted by Gasteiger charge is -2.07. The summed E-state index contributed by atoms with van der Waals surface area (Å²) in [6, 6.07) is 7.63. The first-order valence-corrected chi connectivity index (χ1v) is 6.68. The molecule has 3 heteroatoms. The van der Waals surface area contributed by atoms with Gasteiger partial charge in [-0.1, -0.05) is 17.7 Å². The Hall–Kier alpha value is -2.16. The fourth-order valence-electron chi connectivity index (χ4n) is 2.52. The van der Waals surface area contributed by atoms with Gasteiger partial charge in [0.15, 0.2) is 0 Å². The number of hydrogen-bond acceptors (Lipinski definition) is 3. The van der Waals surface area contributed by atoms with Crippen molar-refractivity contribution in [3.63, 3.8) is 0 Å². The molecule has 0 aliphatic rings. The molecule has 0 aliphatic heterocycles. The van der Waals surface area contributed by atoms with Gasteiger partial charge in [-0.25, -0.2) is 0 Å². The summed E-state index contributed by atoms with van der Waals surface area (Å²) in [5.74, 6) is 0.265. The Kier molecular flexibility index (Phi) is 3.89. The average Bonchev–Trinajstić information content (AvgIpc) is 2.30. The van der Waals surface area contributed by atoms with Crippen LogP contribution in [-0.4, -0.2) is 5.11 Å². The van der Waals surface area contributed by atoms with Crippen molar-refractivity contribution in [3.8, 4) is 5.75 Å². The van der Waals surface area contributed by atoms with Gasteiger partial charge in [-0.15, -0.1) is 10.2 Å². The summed E-state index contributed by atoms with van der Waals surface area (Å²) in [5, 5.41) is 18.3. The Morgan fingerprint density at radius 3 is 1.40 bits per heavy atom. The molecule has 0 amide bonds. The van der Waals surface area contributed by atoms with Crippen molar-refractivity contribution < 1.29 is 5.11 Å². The van der Waals surface area contributed by atoms with Crippen molar-refractivity contribution in [2.75, 3.05) is 0 Å². The highest BCUT2D eigenvalue weighted by Gasteiger charge is 2.06. The maximum Gasteiger partial charge on any atom is 0.116 e. The molecule has 1 N–H and O–H groups in total. The Morgan fingerprint density at radius 2 is 1.00 bits per heavy atom. The van der Waals surface area contributed by atoms with Crippen LogP contribution in [0.2, 0.25) is 0 Å². The highest BCUT2D eigenvalue weighted by molar-refractivity contribution is 5.57. The van der Waals surface area contributed by atoms with Crippen LogP contribution in [0.25, 0.3) is 0 Å². The lowest BCUT2D eigenvalue weighted by Crippen LogP contribution is -1.84. The second kappa shape index (κ2) is 5.45. The third kappa shape index (κ3) is 2.87. The molecule has 0 heterocycles. The number of rotatable bonds is 2. The minimum atomic E-state index is 0.265. The molecule has 20 heavy (non-hydrogen) atoms. The summed E-state index contributed by atoms with van der Waals surface area (Å²) in [4.78, 5) is 0. The van der Waals surface area contributed by atoms with Gasteiger partial charge >= 0.3 is 0 Å². The van der Waals surface area contributed by atoms with E-state index in [-0.39, 0.29) is 5.75 Å². The number of aromatic hydroxyl groups is 1. The van der Waals surface area contributed by atoms with Gasteiger partial charge in [0.2, 0.25) is 0 Å². The first-order valence-electron chi connectivity index (χ1n) is 6.68. The molecule has 2 aromatic carbocycles. The van der Waals surface area contributed by atoms with E-state index in [9.17, 15) is 5.11 Å². The van der Waals surface area contributed by atoms with E-state index >= 15 is 0 Å². The molecule has 0 fully saturated rings. The summed E-state index contributed by atoms with van der Waals surface area (Å²) < 4.78 is 0. The Balaban J connectivity index is 2.45. The van der Waals surface area contributed by atoms with Crippen molar-refractivity contribution in [1.82, 2.24) is 0 Å². The number of nitrogens with zero attached hydrogens (tertiary/aromatic N) is 2. The Labute approximate surface area is 120 Å². The molecular formula is C17H20N2O. The fraction of sp³-hybridized carbons (Fsp3) is 0.294. The lowest BCUT2D eigenvalue weighted by molar-refractivity contribution is 0.474. The van der Waals surface area contributed by atoms with Crippen molar-refractivity contribution in [2.24, 2.45) is 10.2 Å². The molecule has 0 atom stereocenters. The molecular weight excluding hydrogens is 248 g/mol. The van der Waals surface area contributed by atoms with Crippen LogP contribution in [0.3, 0.4) is 0 Å². The Morgan fingerprint density at radius 1 is 0.650 bits per heavy atom. The van der Waals surface area contributed by atoms with Crippen LogP contribution in [0.15, 0.2) is 34.5 Å². The lowest BCUT2D eigenvalue weighted by atomic mass is 10.1. The fourth-order valence-corrected chi connectivity index (χ4v) is 2.52. The average molecular weight is 268 g/mol. The summed E-state index contributed by atoms with van der Waals surface area (Å²) in [6.45, 7) is 10.0. The topological polar surface area (TPSA) is 45.0 Å². The second-order valence-electron chi connectivity index (χ2n) is 5.38. The number of aryl methyl sites for hydroxylation is 5. The van der Waals surface area contributed by atoms with Gasteiger partial charge in [-0.2, -0.15) is 0 Å². The quantitative estimate of drug-likeness (QED) is 0.733. The number of phenols is 1. The molecule has 0 saturated heterocycles. The highest BCUT2D eigenvalue weighted by atomic mass is 16.3. The maximum atomic E-state index is 9.55. The molecule has 0 aromatic heterocycles. The molecule has 104 valence electrons. The zero-order chi connectivity index (χ0) is 14.9. The van der Waals surface area contributed by atoms with Crippen LogP contribution in [0.1, 0.15) is 27.8 Å². The molecule has 3 nitrogen and oxygen atoms in total. The van der Waals surface area contributed by atoms with E-state index in [2.05, 4.69) is 29.3 Å². The van der Waals surface area contributed by atoms with Crippen LogP contribution in [0, 0.1) is 34.6 Å². The molecule has 2 aromatic rings. The van der Waals surface area contributed by atoms with Crippen LogP contribution in [-0.2, 0) is 0 Å². The maximum absolute atomic E-state index is 9.55. The monoisotopic (exact) mass is 268 g/mol. The summed E-state index contributed by atoms with van der Waals surface area (Å²) in [7, 11) is 0. The van der Waals surface area contributed by atoms with E-state index < -0.39 is 0 Å². The van der Waals surface area contributed by atoms with Crippen LogP contribution < -0.4 is 0 Å². The third-order valence-electron chi connectivity index (χ3n) is 3.36. The van der Waals surface area contributed by atoms with Crippen molar-refractivity contribution in [1.29, 1.82) is 0 Å². The van der Waals surface area contributed by atoms with E-state index in [4.69, 9.17) is 0 Å². The van der Waals surface area contributed by atoms with E-state index in [0.29, 0.717) is 0 Å². The first-order chi connectivity index (χ1) is 9.38. The van der Waals surface area contributed by atoms with Gasteiger partial charge < -0.3 is 5.11 Å². The number of phenolic OH excluding ortho intramolecular Hbond substituents is 1. The van der Waals surface area contributed by atoms with Gasteiger partial charge in [-0.3, -0.25) is 0 Å². The third-order valence-corrected chi connectivity index (χ3v) is 3.36. The Bertz CT molecular complexity index is 582. The molecule has 0 saturated carbocycles. The summed E-state index contributed by atoms with van der Waals surface area (Å²) in [6.07, 6.45) is 0. The molecule has 0 bridgehead atoms. The van der Waals surface area contributed by atoms with E-state index in [1.54, 1.807) is 12.1 Å². The minimum absolute atomic E-state index is 0.265. The molecule has 2 rings (SSSR count). The van der Waals surface area contributed by atoms with Gasteiger partial charge in [-0.05, 0) is 69.0 Å². The zero-order valence-corrected chi connectivity index (χ0v) is 12.7. The minimum Gasteiger partial charge on any atom is -0.508 e. The number of azo groups is 1. The van der Waals surface area contributed by atoms with Crippen LogP contribution >= 0.6 is 0 Å². The molecule has 0 radical (unpaired) electrons. The van der Waals surface area contributed by atoms with Crippen LogP contribution in [0.4, 0.5) is 11.4 Å². The van der Waals surface area contributed by atoms with Crippen LogP contribution in [0.5, 0.6) is 5.75 Å². The van der Waals surface area contributed by atoms with Gasteiger partial charge in [0.25, 0.3) is 0 Å². The smallest absolute Gasteiger partial charge is 0.116 e.